The van der Waals surface area contributed by atoms with Crippen LogP contribution in [0.4, 0.5) is 0 Å². The maximum absolute atomic E-state index is 12.1. The minimum atomic E-state index is -1.40. The number of ether oxygens (including phenoxy) is 10. The molecular formula is C111H130BBr2ClLiN7O20. The quantitative estimate of drug-likeness (QED) is 0.0104. The number of benzene rings is 11. The first-order chi connectivity index (χ1) is 67.3. The third kappa shape index (κ3) is 32.8. The number of carboxylic acids is 1. The number of carbonyl (C=O) groups is 4. The number of esters is 3. The van der Waals surface area contributed by atoms with E-state index < -0.39 is 13.1 Å². The van der Waals surface area contributed by atoms with E-state index in [1.54, 1.807) is 96.7 Å². The van der Waals surface area contributed by atoms with Crippen LogP contribution in [0.5, 0.6) is 46.0 Å². The van der Waals surface area contributed by atoms with Crippen molar-refractivity contribution in [3.8, 4) is 68.2 Å². The summed E-state index contributed by atoms with van der Waals surface area (Å²) < 4.78 is 65.5. The number of nitrogens with zero attached hydrogens (tertiary/aromatic N) is 4. The van der Waals surface area contributed by atoms with Gasteiger partial charge >= 0.3 is 49.9 Å². The van der Waals surface area contributed by atoms with Crippen molar-refractivity contribution in [2.45, 2.75) is 172 Å². The van der Waals surface area contributed by atoms with E-state index in [1.165, 1.54) is 40.2 Å². The zero-order chi connectivity index (χ0) is 101. The summed E-state index contributed by atoms with van der Waals surface area (Å²) in [4.78, 5) is 46.6. The van der Waals surface area contributed by atoms with E-state index in [2.05, 4.69) is 215 Å². The zero-order valence-corrected chi connectivity index (χ0v) is 88.0. The number of aromatic hydroxyl groups is 1. The van der Waals surface area contributed by atoms with E-state index in [0.29, 0.717) is 140 Å². The number of phenols is 1. The molecule has 0 saturated carbocycles. The predicted molar refractivity (Wildman–Crippen MR) is 570 cm³/mol. The van der Waals surface area contributed by atoms with Crippen LogP contribution in [-0.4, -0.2) is 128 Å². The normalized spacial score (nSPS) is 10.7. The van der Waals surface area contributed by atoms with Crippen LogP contribution < -0.4 is 74.7 Å². The maximum atomic E-state index is 12.1. The number of aliphatic carboxylic acids is 1. The number of hydrogen-bond acceptors (Lipinski definition) is 22. The van der Waals surface area contributed by atoms with Crippen LogP contribution in [0.1, 0.15) is 162 Å². The summed E-state index contributed by atoms with van der Waals surface area (Å²) in [5.41, 5.74) is 36.5. The van der Waals surface area contributed by atoms with Crippen LogP contribution in [0.15, 0.2) is 252 Å². The third-order valence-corrected chi connectivity index (χ3v) is 24.2. The van der Waals surface area contributed by atoms with Crippen molar-refractivity contribution in [1.29, 1.82) is 0 Å². The maximum Gasteiger partial charge on any atom is 1.00 e. The monoisotopic (exact) mass is 2090 g/mol. The summed E-state index contributed by atoms with van der Waals surface area (Å²) in [5.74, 6) is 2.47. The number of methoxy groups -OCH3 is 4. The van der Waals surface area contributed by atoms with Gasteiger partial charge in [-0.2, -0.15) is 0 Å². The van der Waals surface area contributed by atoms with Crippen LogP contribution in [0.25, 0.3) is 65.9 Å². The molecule has 0 radical (unpaired) electrons. The van der Waals surface area contributed by atoms with Gasteiger partial charge < -0.3 is 114 Å². The molecule has 11 aromatic carbocycles. The first-order valence-electron chi connectivity index (χ1n) is 46.4. The molecule has 0 bridgehead atoms. The minimum Gasteiger partial charge on any atom is -0.870 e. The van der Waals surface area contributed by atoms with Crippen molar-refractivity contribution in [1.82, 2.24) is 18.3 Å². The molecule has 27 nitrogen and oxygen atoms in total. The van der Waals surface area contributed by atoms with E-state index in [-0.39, 0.29) is 92.7 Å². The Morgan fingerprint density at radius 3 is 1.01 bits per heavy atom. The Balaban J connectivity index is 0.000000242. The van der Waals surface area contributed by atoms with Gasteiger partial charge in [-0.05, 0) is 252 Å². The molecule has 0 aliphatic rings. The summed E-state index contributed by atoms with van der Waals surface area (Å²) in [6.45, 7) is 26.2. The molecule has 4 heterocycles. The number of fused-ring (bicyclic) bond motifs is 4. The van der Waals surface area contributed by atoms with E-state index in [1.807, 2.05) is 72.8 Å². The summed E-state index contributed by atoms with van der Waals surface area (Å²) in [6, 6.07) is 71.3. The molecule has 4 aromatic heterocycles. The van der Waals surface area contributed by atoms with Crippen molar-refractivity contribution < 1.29 is 116 Å². The smallest absolute Gasteiger partial charge is 0.870 e. The van der Waals surface area contributed by atoms with Gasteiger partial charge in [0, 0.05) is 168 Å². The third-order valence-electron chi connectivity index (χ3n) is 22.9. The van der Waals surface area contributed by atoms with Gasteiger partial charge in [0.2, 0.25) is 0 Å². The molecule has 143 heavy (non-hydrogen) atoms. The fourth-order valence-electron chi connectivity index (χ4n) is 15.8. The number of phenolic OH excluding ortho intramolecular Hbond substituents is 1. The van der Waals surface area contributed by atoms with E-state index in [0.717, 1.165) is 97.8 Å². The van der Waals surface area contributed by atoms with Crippen LogP contribution in [0, 0.1) is 0 Å². The van der Waals surface area contributed by atoms with Crippen LogP contribution in [0.2, 0.25) is 0 Å². The van der Waals surface area contributed by atoms with Crippen LogP contribution in [0.3, 0.4) is 0 Å². The van der Waals surface area contributed by atoms with Crippen LogP contribution in [-0.2, 0) is 105 Å². The molecule has 12 N–H and O–H groups in total. The van der Waals surface area contributed by atoms with Crippen molar-refractivity contribution in [3.05, 3.63) is 313 Å². The Hall–Kier alpha value is -12.5. The fraction of sp³-hybridized carbons (Fsp3) is 0.297. The predicted octanol–water partition coefficient (Wildman–Crippen LogP) is 18.3. The molecular weight excluding hydrogens is 1960 g/mol. The van der Waals surface area contributed by atoms with Gasteiger partial charge in [-0.3, -0.25) is 19.2 Å². The largest absolute Gasteiger partial charge is 1.00 e. The number of carboxylic acid groups (broad SMARTS) is 1. The van der Waals surface area contributed by atoms with Crippen molar-refractivity contribution >= 4 is 124 Å². The first kappa shape index (κ1) is 117. The second-order valence-corrected chi connectivity index (χ2v) is 35.7. The number of carbonyl (C=O) groups excluding carboxylic acids is 3. The van der Waals surface area contributed by atoms with E-state index >= 15 is 0 Å². The second-order valence-electron chi connectivity index (χ2n) is 34.0. The summed E-state index contributed by atoms with van der Waals surface area (Å²) in [5, 5.41) is 50.2. The number of aromatic nitrogens is 4. The molecule has 0 unspecified atom stereocenters. The number of hydrogen-bond donors (Lipinski definition) is 8. The Labute approximate surface area is 871 Å². The zero-order valence-electron chi connectivity index (χ0n) is 84.0. The number of nitrogens with two attached hydrogens (primary N) is 3. The molecule has 0 spiro atoms. The average molecular weight is 2100 g/mol. The Morgan fingerprint density at radius 2 is 0.685 bits per heavy atom. The topological polar surface area (TPSA) is 390 Å². The van der Waals surface area contributed by atoms with Gasteiger partial charge in [0.15, 0.2) is 0 Å². The number of aliphatic hydroxyl groups is 1. The molecule has 0 atom stereocenters. The molecule has 15 rings (SSSR count). The Kier molecular flexibility index (Phi) is 47.4. The Bertz CT molecular complexity index is 6700. The number of halogens is 3. The molecule has 754 valence electrons. The van der Waals surface area contributed by atoms with Gasteiger partial charge in [-0.25, -0.2) is 0 Å². The molecule has 0 aliphatic carbocycles. The molecule has 15 aromatic rings. The summed E-state index contributed by atoms with van der Waals surface area (Å²) in [7, 11) is 4.90. The van der Waals surface area contributed by atoms with Gasteiger partial charge in [-0.15, -0.1) is 12.4 Å². The van der Waals surface area contributed by atoms with Gasteiger partial charge in [0.1, 0.15) is 65.8 Å². The fourth-order valence-corrected chi connectivity index (χ4v) is 17.1. The van der Waals surface area contributed by atoms with Gasteiger partial charge in [-0.1, -0.05) is 117 Å². The number of rotatable bonds is 35. The van der Waals surface area contributed by atoms with E-state index in [4.69, 9.17) is 79.7 Å². The van der Waals surface area contributed by atoms with Crippen molar-refractivity contribution in [2.24, 2.45) is 17.2 Å². The van der Waals surface area contributed by atoms with Crippen LogP contribution >= 0.6 is 44.3 Å². The summed E-state index contributed by atoms with van der Waals surface area (Å²) >= 11 is 7.20. The first-order valence-corrected chi connectivity index (χ1v) is 48.0. The van der Waals surface area contributed by atoms with Crippen molar-refractivity contribution in [3.63, 3.8) is 0 Å². The van der Waals surface area contributed by atoms with Crippen molar-refractivity contribution in [2.75, 3.05) is 48.3 Å². The molecule has 0 fully saturated rings. The standard InChI is InChI=1S/C30H34N2O4.C28H30N2O4.C23H26BrNO4.C12H14BrNO.C11H14O4.C7H10BNO2.ClH.Li.H2O/c1-5-35-30(33)16-24-9-10-25(34-4)17-29(24)36-19-22-14-27(23-8-6-7-21(13-23)18-31)26-11-12-32(20(2)3)28(26)15-22;1-18(2)30-10-9-24-25(21-6-4-5-19(11-21)16-29)12-20(13-26(24)30)17-34-27-15-23(33-3)8-7-22(27)14-28(31)32;1-5-28-23(26)12-17-6-7-18(27-4)13-22(17)29-14-16-10-20(24)19-8-9-25(15(2)3)21(19)11-16;1-8(2)14-4-3-10-11(13)5-9(7-15)6-12(10)14;1-3-15-11(13)6-8-4-5-9(14-2)7-10(8)12;9-5-6-2-1-3-7(4-6)8(10)11;;;/h6-15,17,20H,5,16,18-19,31H2,1-4H3;4-13,15,18H,14,16-17,29H2,1-3H3,(H,31,32);6-11,13,15H,5,12,14H2,1-4H3;3-6,8,15H,7H2,1-2H3;4-5,7,12H,3,6H2,1-2H3;1-4,10-11H,5,9H2;1H;;1H2/q;;;;;;;+1;/p-1. The Morgan fingerprint density at radius 1 is 0.378 bits per heavy atom. The SMILES string of the molecule is CC(C)n1ccc2c(Br)cc(CO)cc21.CCOC(=O)Cc1ccc(OC)cc1O.CCOC(=O)Cc1ccc(OC)cc1OCc1cc(-c2cccc(CN)c2)c2ccn(C(C)C)c2c1.CCOC(=O)Cc1ccc(OC)cc1OCc1cc(Br)c2ccn(C(C)C)c2c1.COc1ccc(CC(=O)O)c(OCc2cc(-c3cccc(CN)c3)c3ccn(C(C)C)c3c2)c1.Cl.NCc1cccc(B(O)O)c1.[Li+].[OH-]. The molecule has 32 heteroatoms. The van der Waals surface area contributed by atoms with E-state index in [9.17, 15) is 29.4 Å². The average Bonchev–Trinajstić information content (AvgIpc) is 1.61. The van der Waals surface area contributed by atoms with Gasteiger partial charge in [0.25, 0.3) is 0 Å². The number of aliphatic hydroxyl groups excluding tert-OH is 1. The second kappa shape index (κ2) is 57.7. The molecule has 0 aliphatic heterocycles. The minimum absolute atomic E-state index is 0. The van der Waals surface area contributed by atoms with Gasteiger partial charge in [0.05, 0.1) is 80.6 Å². The summed E-state index contributed by atoms with van der Waals surface area (Å²) in [6.07, 6.45) is 8.69. The molecule has 0 amide bonds. The molecule has 0 saturated heterocycles.